The number of aliphatic carboxylic acids is 1. The van der Waals surface area contributed by atoms with Gasteiger partial charge in [-0.1, -0.05) is 53.2 Å². The number of ether oxygens (including phenoxy) is 1. The van der Waals surface area contributed by atoms with Crippen molar-refractivity contribution in [1.29, 1.82) is 0 Å². The minimum Gasteiger partial charge on any atom is -0.481 e. The molecular weight excluding hydrogens is 492 g/mol. The number of carboxylic acids is 1. The highest BCUT2D eigenvalue weighted by Gasteiger charge is 2.68. The predicted molar refractivity (Wildman–Crippen MR) is 155 cm³/mol. The third kappa shape index (κ3) is 3.75. The first-order valence-corrected chi connectivity index (χ1v) is 15.8. The van der Waals surface area contributed by atoms with E-state index in [0.717, 1.165) is 38.5 Å². The summed E-state index contributed by atoms with van der Waals surface area (Å²) in [5.74, 6) is 0.648. The summed E-state index contributed by atoms with van der Waals surface area (Å²) in [7, 11) is 0. The van der Waals surface area contributed by atoms with Gasteiger partial charge in [0.2, 0.25) is 0 Å². The highest BCUT2D eigenvalue weighted by Crippen LogP contribution is 2.75. The highest BCUT2D eigenvalue weighted by atomic mass is 32.1. The average molecular weight is 545 g/mol. The molecule has 4 fully saturated rings. The molecule has 214 valence electrons. The fourth-order valence-corrected chi connectivity index (χ4v) is 11.0. The Kier molecular flexibility index (Phi) is 6.59. The molecule has 0 saturated heterocycles. The summed E-state index contributed by atoms with van der Waals surface area (Å²) in [6.07, 6.45) is 13.0. The van der Waals surface area contributed by atoms with Crippen LogP contribution in [0.3, 0.4) is 0 Å². The molecule has 1 N–H and O–H groups in total. The smallest absolute Gasteiger partial charge is 0.318 e. The number of allylic oxidation sites excluding steroid dienone is 2. The summed E-state index contributed by atoms with van der Waals surface area (Å²) in [6, 6.07) is 0. The average Bonchev–Trinajstić information content (AvgIpc) is 2.82. The summed E-state index contributed by atoms with van der Waals surface area (Å²) in [4.78, 5) is 24.8. The lowest BCUT2D eigenvalue weighted by atomic mass is 9.33. The predicted octanol–water partition coefficient (Wildman–Crippen LogP) is 8.10. The lowest BCUT2D eigenvalue weighted by molar-refractivity contribution is -0.212. The lowest BCUT2D eigenvalue weighted by Gasteiger charge is -2.71. The number of esters is 1. The van der Waals surface area contributed by atoms with Gasteiger partial charge >= 0.3 is 11.9 Å². The van der Waals surface area contributed by atoms with Crippen LogP contribution in [-0.4, -0.2) is 28.4 Å². The van der Waals surface area contributed by atoms with Crippen molar-refractivity contribution in [3.63, 3.8) is 0 Å². The van der Waals surface area contributed by atoms with E-state index in [1.165, 1.54) is 25.7 Å². The number of carboxylic acid groups (broad SMARTS) is 1. The minimum atomic E-state index is -0.618. The van der Waals surface area contributed by atoms with Crippen molar-refractivity contribution in [1.82, 2.24) is 0 Å². The van der Waals surface area contributed by atoms with Crippen LogP contribution in [0.5, 0.6) is 0 Å². The molecule has 5 heteroatoms. The first-order valence-electron chi connectivity index (χ1n) is 15.3. The van der Waals surface area contributed by atoms with E-state index >= 15 is 0 Å². The van der Waals surface area contributed by atoms with Crippen LogP contribution in [0.4, 0.5) is 0 Å². The van der Waals surface area contributed by atoms with E-state index in [0.29, 0.717) is 17.8 Å². The maximum atomic E-state index is 12.5. The standard InChI is InChI=1S/C33H52O4S/c1-20(38)26(34)37-25-12-13-31(6)23(28(25,2)3)11-14-33(8)24(31)10-9-21-22-19-30(5,27(35)36)16-15-29(22,4)17-18-32(21,33)7/h9,20,22-25,38H,10-19H2,1-8H3,(H,35,36). The zero-order valence-electron chi connectivity index (χ0n) is 25.2. The molecule has 0 heterocycles. The van der Waals surface area contributed by atoms with E-state index in [1.807, 2.05) is 6.92 Å². The van der Waals surface area contributed by atoms with Gasteiger partial charge < -0.3 is 9.84 Å². The van der Waals surface area contributed by atoms with Gasteiger partial charge in [0.15, 0.2) is 0 Å². The molecule has 5 rings (SSSR count). The third-order valence-corrected chi connectivity index (χ3v) is 14.1. The number of thiol groups is 1. The minimum absolute atomic E-state index is 0.0522. The molecule has 38 heavy (non-hydrogen) atoms. The number of rotatable bonds is 3. The monoisotopic (exact) mass is 544 g/mol. The number of hydrogen-bond acceptors (Lipinski definition) is 4. The molecule has 0 bridgehead atoms. The van der Waals surface area contributed by atoms with Gasteiger partial charge in [0, 0.05) is 5.41 Å². The highest BCUT2D eigenvalue weighted by molar-refractivity contribution is 7.81. The topological polar surface area (TPSA) is 63.6 Å². The first-order chi connectivity index (χ1) is 17.4. The molecule has 4 nitrogen and oxygen atoms in total. The zero-order chi connectivity index (χ0) is 28.1. The van der Waals surface area contributed by atoms with Crippen LogP contribution < -0.4 is 0 Å². The first kappa shape index (κ1) is 28.6. The second-order valence-corrected chi connectivity index (χ2v) is 16.8. The maximum absolute atomic E-state index is 12.5. The van der Waals surface area contributed by atoms with Crippen molar-refractivity contribution < 1.29 is 19.4 Å². The summed E-state index contributed by atoms with van der Waals surface area (Å²) in [5, 5.41) is 9.74. The maximum Gasteiger partial charge on any atom is 0.318 e. The Balaban J connectivity index is 1.50. The number of carbonyl (C=O) groups excluding carboxylic acids is 1. The van der Waals surface area contributed by atoms with Gasteiger partial charge in [-0.25, -0.2) is 0 Å². The van der Waals surface area contributed by atoms with Crippen molar-refractivity contribution in [2.75, 3.05) is 0 Å². The van der Waals surface area contributed by atoms with E-state index in [1.54, 1.807) is 12.5 Å². The number of carbonyl (C=O) groups is 2. The Labute approximate surface area is 236 Å². The van der Waals surface area contributed by atoms with Crippen molar-refractivity contribution in [3.8, 4) is 0 Å². The van der Waals surface area contributed by atoms with Crippen molar-refractivity contribution in [2.45, 2.75) is 131 Å². The fraction of sp³-hybridized carbons (Fsp3) is 0.879. The lowest BCUT2D eigenvalue weighted by Crippen LogP contribution is -2.64. The van der Waals surface area contributed by atoms with Gasteiger partial charge in [-0.2, -0.15) is 12.6 Å². The fourth-order valence-electron chi connectivity index (χ4n) is 11.0. The van der Waals surface area contributed by atoms with Crippen LogP contribution in [0.25, 0.3) is 0 Å². The van der Waals surface area contributed by atoms with Gasteiger partial charge in [0.25, 0.3) is 0 Å². The van der Waals surface area contributed by atoms with E-state index in [-0.39, 0.29) is 39.1 Å². The molecule has 5 aliphatic rings. The molecule has 0 aromatic heterocycles. The Morgan fingerprint density at radius 1 is 0.947 bits per heavy atom. The van der Waals surface area contributed by atoms with Gasteiger partial charge in [-0.15, -0.1) is 0 Å². The van der Waals surface area contributed by atoms with E-state index in [2.05, 4.69) is 60.2 Å². The quantitative estimate of drug-likeness (QED) is 0.214. The Morgan fingerprint density at radius 2 is 1.61 bits per heavy atom. The Bertz CT molecular complexity index is 1050. The van der Waals surface area contributed by atoms with Crippen LogP contribution in [-0.2, 0) is 14.3 Å². The summed E-state index contributed by atoms with van der Waals surface area (Å²) < 4.78 is 6.06. The molecule has 0 spiro atoms. The van der Waals surface area contributed by atoms with Crippen molar-refractivity contribution >= 4 is 24.6 Å². The van der Waals surface area contributed by atoms with Gasteiger partial charge in [0.05, 0.1) is 10.7 Å². The third-order valence-electron chi connectivity index (χ3n) is 13.9. The summed E-state index contributed by atoms with van der Waals surface area (Å²) >= 11 is 4.33. The largest absolute Gasteiger partial charge is 0.481 e. The molecule has 0 aliphatic heterocycles. The van der Waals surface area contributed by atoms with Crippen LogP contribution in [0.2, 0.25) is 0 Å². The molecule has 5 aliphatic carbocycles. The molecule has 0 aromatic carbocycles. The van der Waals surface area contributed by atoms with Crippen LogP contribution in [0.15, 0.2) is 11.6 Å². The molecule has 0 aromatic rings. The van der Waals surface area contributed by atoms with E-state index < -0.39 is 16.6 Å². The molecule has 4 saturated carbocycles. The molecule has 10 atom stereocenters. The van der Waals surface area contributed by atoms with E-state index in [9.17, 15) is 14.7 Å². The van der Waals surface area contributed by atoms with Gasteiger partial charge in [0.1, 0.15) is 6.10 Å². The summed E-state index contributed by atoms with van der Waals surface area (Å²) in [5.41, 5.74) is 1.63. The van der Waals surface area contributed by atoms with Gasteiger partial charge in [-0.3, -0.25) is 9.59 Å². The van der Waals surface area contributed by atoms with Crippen LogP contribution in [0.1, 0.15) is 120 Å². The zero-order valence-corrected chi connectivity index (χ0v) is 26.0. The van der Waals surface area contributed by atoms with Crippen molar-refractivity contribution in [2.24, 2.45) is 50.2 Å². The van der Waals surface area contributed by atoms with Crippen LogP contribution >= 0.6 is 12.6 Å². The Hall–Kier alpha value is -0.970. The van der Waals surface area contributed by atoms with Crippen molar-refractivity contribution in [3.05, 3.63) is 11.6 Å². The molecule has 0 amide bonds. The molecule has 0 radical (unpaired) electrons. The second-order valence-electron chi connectivity index (χ2n) is 16.0. The molecular formula is C33H52O4S. The SMILES string of the molecule is CC(S)C(=O)OC1CCC2(C)C(CCC3(C)C2CC=C2C4CC(C)(C(=O)O)CCC4(C)CCC23C)C1(C)C. The summed E-state index contributed by atoms with van der Waals surface area (Å²) in [6.45, 7) is 18.6. The molecule has 10 unspecified atom stereocenters. The number of fused-ring (bicyclic) bond motifs is 7. The number of hydrogen-bond donors (Lipinski definition) is 2. The van der Waals surface area contributed by atoms with Gasteiger partial charge in [-0.05, 0) is 117 Å². The Morgan fingerprint density at radius 3 is 2.24 bits per heavy atom. The second kappa shape index (κ2) is 8.76. The normalized spacial score (nSPS) is 50.3. The van der Waals surface area contributed by atoms with Crippen LogP contribution in [0, 0.1) is 50.2 Å². The van der Waals surface area contributed by atoms with E-state index in [4.69, 9.17) is 4.74 Å².